The fraction of sp³-hybridized carbons (Fsp3) is 0.667. The second-order valence-electron chi connectivity index (χ2n) is 5.99. The summed E-state index contributed by atoms with van der Waals surface area (Å²) in [5, 5.41) is 3.75. The second-order valence-corrected chi connectivity index (χ2v) is 5.99. The van der Waals surface area contributed by atoms with Crippen molar-refractivity contribution in [3.05, 3.63) is 29.8 Å². The second kappa shape index (κ2) is 5.55. The van der Waals surface area contributed by atoms with Crippen LogP contribution < -0.4 is 5.32 Å². The first-order chi connectivity index (χ1) is 9.26. The van der Waals surface area contributed by atoms with Crippen molar-refractivity contribution >= 4 is 0 Å². The van der Waals surface area contributed by atoms with Gasteiger partial charge in [0, 0.05) is 24.8 Å². The lowest BCUT2D eigenvalue weighted by Gasteiger charge is -2.33. The lowest BCUT2D eigenvalue weighted by Crippen LogP contribution is -2.49. The molecule has 3 rings (SSSR count). The zero-order chi connectivity index (χ0) is 13.1. The number of pyridine rings is 1. The van der Waals surface area contributed by atoms with E-state index < -0.39 is 0 Å². The molecule has 1 saturated carbocycles. The molecule has 4 heteroatoms. The van der Waals surface area contributed by atoms with Crippen LogP contribution in [0.4, 0.5) is 4.39 Å². The standard InChI is InChI=1S/C15H22FN3/c16-14-8-13(9-17-10-14)11-19-7-3-6-18-15(12-19)4-1-2-5-15/h8-10,18H,1-7,11-12H2. The topological polar surface area (TPSA) is 28.2 Å². The molecule has 0 unspecified atom stereocenters. The van der Waals surface area contributed by atoms with Gasteiger partial charge < -0.3 is 5.32 Å². The summed E-state index contributed by atoms with van der Waals surface area (Å²) < 4.78 is 13.2. The van der Waals surface area contributed by atoms with Gasteiger partial charge in [-0.3, -0.25) is 9.88 Å². The fourth-order valence-electron chi connectivity index (χ4n) is 3.54. The lowest BCUT2D eigenvalue weighted by molar-refractivity contribution is 0.203. The molecule has 1 N–H and O–H groups in total. The molecular formula is C15H22FN3. The molecule has 1 saturated heterocycles. The Kier molecular flexibility index (Phi) is 3.80. The van der Waals surface area contributed by atoms with Crippen molar-refractivity contribution in [3.8, 4) is 0 Å². The first kappa shape index (κ1) is 13.0. The lowest BCUT2D eigenvalue weighted by atomic mass is 9.97. The Bertz CT molecular complexity index is 429. The summed E-state index contributed by atoms with van der Waals surface area (Å²) in [4.78, 5) is 6.40. The van der Waals surface area contributed by atoms with Crippen LogP contribution in [0.2, 0.25) is 0 Å². The van der Waals surface area contributed by atoms with Crippen LogP contribution in [0.25, 0.3) is 0 Å². The molecule has 1 aliphatic carbocycles. The predicted molar refractivity (Wildman–Crippen MR) is 73.3 cm³/mol. The zero-order valence-electron chi connectivity index (χ0n) is 11.4. The van der Waals surface area contributed by atoms with Crippen LogP contribution in [0, 0.1) is 5.82 Å². The van der Waals surface area contributed by atoms with E-state index in [9.17, 15) is 4.39 Å². The molecule has 1 spiro atoms. The highest BCUT2D eigenvalue weighted by Gasteiger charge is 2.36. The highest BCUT2D eigenvalue weighted by molar-refractivity contribution is 5.10. The maximum absolute atomic E-state index is 13.2. The average molecular weight is 263 g/mol. The highest BCUT2D eigenvalue weighted by Crippen LogP contribution is 2.32. The third-order valence-electron chi connectivity index (χ3n) is 4.41. The van der Waals surface area contributed by atoms with Gasteiger partial charge in [0.05, 0.1) is 6.20 Å². The van der Waals surface area contributed by atoms with E-state index in [0.717, 1.165) is 31.7 Å². The molecule has 104 valence electrons. The van der Waals surface area contributed by atoms with Crippen LogP contribution in [-0.4, -0.2) is 35.1 Å². The van der Waals surface area contributed by atoms with E-state index in [-0.39, 0.29) is 5.82 Å². The molecule has 0 amide bonds. The highest BCUT2D eigenvalue weighted by atomic mass is 19.1. The zero-order valence-corrected chi connectivity index (χ0v) is 11.4. The molecule has 2 aliphatic rings. The molecule has 0 radical (unpaired) electrons. The fourth-order valence-corrected chi connectivity index (χ4v) is 3.54. The number of hydrogen-bond donors (Lipinski definition) is 1. The number of nitrogens with zero attached hydrogens (tertiary/aromatic N) is 2. The van der Waals surface area contributed by atoms with Crippen molar-refractivity contribution in [2.45, 2.75) is 44.2 Å². The predicted octanol–water partition coefficient (Wildman–Crippen LogP) is 2.33. The van der Waals surface area contributed by atoms with Crippen molar-refractivity contribution in [1.29, 1.82) is 0 Å². The molecule has 0 bridgehead atoms. The van der Waals surface area contributed by atoms with E-state index in [1.807, 2.05) is 0 Å². The molecule has 3 nitrogen and oxygen atoms in total. The summed E-state index contributed by atoms with van der Waals surface area (Å²) in [5.74, 6) is -0.235. The van der Waals surface area contributed by atoms with E-state index in [1.54, 1.807) is 12.3 Å². The maximum Gasteiger partial charge on any atom is 0.141 e. The van der Waals surface area contributed by atoms with Crippen molar-refractivity contribution in [2.75, 3.05) is 19.6 Å². The molecule has 1 aromatic rings. The van der Waals surface area contributed by atoms with Gasteiger partial charge in [-0.25, -0.2) is 4.39 Å². The van der Waals surface area contributed by atoms with Crippen LogP contribution in [0.3, 0.4) is 0 Å². The van der Waals surface area contributed by atoms with Crippen LogP contribution in [0.15, 0.2) is 18.5 Å². The maximum atomic E-state index is 13.2. The van der Waals surface area contributed by atoms with Gasteiger partial charge in [0.25, 0.3) is 0 Å². The van der Waals surface area contributed by atoms with Gasteiger partial charge in [-0.05, 0) is 44.0 Å². The van der Waals surface area contributed by atoms with E-state index in [1.165, 1.54) is 38.3 Å². The van der Waals surface area contributed by atoms with Gasteiger partial charge in [0.1, 0.15) is 5.82 Å². The Morgan fingerprint density at radius 2 is 2.11 bits per heavy atom. The number of nitrogens with one attached hydrogen (secondary N) is 1. The van der Waals surface area contributed by atoms with Crippen LogP contribution >= 0.6 is 0 Å². The molecule has 0 aromatic carbocycles. The van der Waals surface area contributed by atoms with E-state index >= 15 is 0 Å². The molecule has 19 heavy (non-hydrogen) atoms. The van der Waals surface area contributed by atoms with E-state index in [4.69, 9.17) is 0 Å². The van der Waals surface area contributed by atoms with Crippen molar-refractivity contribution in [3.63, 3.8) is 0 Å². The van der Waals surface area contributed by atoms with Crippen molar-refractivity contribution in [2.24, 2.45) is 0 Å². The summed E-state index contributed by atoms with van der Waals surface area (Å²) in [7, 11) is 0. The Labute approximate surface area is 114 Å². The first-order valence-corrected chi connectivity index (χ1v) is 7.33. The van der Waals surface area contributed by atoms with Crippen LogP contribution in [0.5, 0.6) is 0 Å². The van der Waals surface area contributed by atoms with Crippen molar-refractivity contribution < 1.29 is 4.39 Å². The normalized spacial score (nSPS) is 23.6. The van der Waals surface area contributed by atoms with Crippen LogP contribution in [0.1, 0.15) is 37.7 Å². The minimum Gasteiger partial charge on any atom is -0.310 e. The smallest absolute Gasteiger partial charge is 0.141 e. The Morgan fingerprint density at radius 1 is 1.26 bits per heavy atom. The van der Waals surface area contributed by atoms with Gasteiger partial charge in [0.15, 0.2) is 0 Å². The summed E-state index contributed by atoms with van der Waals surface area (Å²) in [5.41, 5.74) is 1.30. The summed E-state index contributed by atoms with van der Waals surface area (Å²) in [6, 6.07) is 1.60. The Hall–Kier alpha value is -1.00. The SMILES string of the molecule is Fc1cncc(CN2CCCNC3(CCCC3)C2)c1. The molecule has 1 aromatic heterocycles. The minimum atomic E-state index is -0.235. The number of halogens is 1. The van der Waals surface area contributed by atoms with E-state index in [0.29, 0.717) is 5.54 Å². The average Bonchev–Trinajstić information content (AvgIpc) is 2.73. The summed E-state index contributed by atoms with van der Waals surface area (Å²) in [6.45, 7) is 4.10. The van der Waals surface area contributed by atoms with Gasteiger partial charge in [-0.15, -0.1) is 0 Å². The van der Waals surface area contributed by atoms with Crippen LogP contribution in [-0.2, 0) is 6.54 Å². The molecule has 1 aliphatic heterocycles. The van der Waals surface area contributed by atoms with Gasteiger partial charge in [0.2, 0.25) is 0 Å². The third-order valence-corrected chi connectivity index (χ3v) is 4.41. The Balaban J connectivity index is 1.69. The molecule has 2 fully saturated rings. The number of hydrogen-bond acceptors (Lipinski definition) is 3. The van der Waals surface area contributed by atoms with Crippen molar-refractivity contribution in [1.82, 2.24) is 15.2 Å². The monoisotopic (exact) mass is 263 g/mol. The minimum absolute atomic E-state index is 0.235. The number of aromatic nitrogens is 1. The quantitative estimate of drug-likeness (QED) is 0.887. The largest absolute Gasteiger partial charge is 0.310 e. The summed E-state index contributed by atoms with van der Waals surface area (Å²) >= 11 is 0. The molecular weight excluding hydrogens is 241 g/mol. The van der Waals surface area contributed by atoms with E-state index in [2.05, 4.69) is 15.2 Å². The molecule has 2 heterocycles. The van der Waals surface area contributed by atoms with Gasteiger partial charge >= 0.3 is 0 Å². The Morgan fingerprint density at radius 3 is 2.89 bits per heavy atom. The van der Waals surface area contributed by atoms with Gasteiger partial charge in [-0.2, -0.15) is 0 Å². The number of rotatable bonds is 2. The molecule has 0 atom stereocenters. The third kappa shape index (κ3) is 3.12. The van der Waals surface area contributed by atoms with Gasteiger partial charge in [-0.1, -0.05) is 12.8 Å². The summed E-state index contributed by atoms with van der Waals surface area (Å²) in [6.07, 6.45) is 9.46. The first-order valence-electron chi connectivity index (χ1n) is 7.33.